The summed E-state index contributed by atoms with van der Waals surface area (Å²) in [5.74, 6) is -0.502. The van der Waals surface area contributed by atoms with Crippen molar-refractivity contribution in [2.45, 2.75) is 19.1 Å². The van der Waals surface area contributed by atoms with Gasteiger partial charge in [-0.25, -0.2) is 4.39 Å². The summed E-state index contributed by atoms with van der Waals surface area (Å²) in [6.07, 6.45) is -1.88. The van der Waals surface area contributed by atoms with Gasteiger partial charge in [0.1, 0.15) is 5.75 Å². The highest BCUT2D eigenvalue weighted by molar-refractivity contribution is 6.00. The molecule has 0 heterocycles. The molecule has 0 aromatic heterocycles. The lowest BCUT2D eigenvalue weighted by Gasteiger charge is -2.21. The van der Waals surface area contributed by atoms with Crippen molar-refractivity contribution in [2.75, 3.05) is 7.11 Å². The Hall–Kier alpha value is -2.69. The first-order chi connectivity index (χ1) is 11.0. The fourth-order valence-corrected chi connectivity index (χ4v) is 2.27. The number of hydrogen-bond donors (Lipinski definition) is 1. The number of Topliss-reactive ketones (excluding diaryl/α,β-unsaturated/α-hetero) is 1. The predicted molar refractivity (Wildman–Crippen MR) is 85.2 cm³/mol. The third kappa shape index (κ3) is 4.16. The molecule has 0 aliphatic heterocycles. The first-order valence-corrected chi connectivity index (χ1v) is 7.17. The van der Waals surface area contributed by atoms with Crippen LogP contribution in [0, 0.1) is 0 Å². The molecule has 0 bridgehead atoms. The maximum absolute atomic E-state index is 14.8. The molecular formula is C18H18FNO3. The number of carbonyl (C=O) groups is 2. The second kappa shape index (κ2) is 7.54. The molecule has 1 N–H and O–H groups in total. The van der Waals surface area contributed by atoms with E-state index < -0.39 is 23.9 Å². The van der Waals surface area contributed by atoms with Gasteiger partial charge in [-0.3, -0.25) is 9.59 Å². The maximum atomic E-state index is 14.8. The van der Waals surface area contributed by atoms with Crippen molar-refractivity contribution >= 4 is 11.7 Å². The van der Waals surface area contributed by atoms with Crippen LogP contribution < -0.4 is 10.1 Å². The molecule has 23 heavy (non-hydrogen) atoms. The first kappa shape index (κ1) is 16.7. The van der Waals surface area contributed by atoms with Crippen LogP contribution in [0.3, 0.4) is 0 Å². The van der Waals surface area contributed by atoms with Gasteiger partial charge in [-0.1, -0.05) is 30.3 Å². The second-order valence-corrected chi connectivity index (χ2v) is 5.08. The molecule has 4 nitrogen and oxygen atoms in total. The molecule has 0 aliphatic rings. The fourth-order valence-electron chi connectivity index (χ4n) is 2.27. The van der Waals surface area contributed by atoms with Gasteiger partial charge in [0.05, 0.1) is 13.2 Å². The second-order valence-electron chi connectivity index (χ2n) is 5.08. The fraction of sp³-hybridized carbons (Fsp3) is 0.222. The minimum Gasteiger partial charge on any atom is -0.497 e. The molecule has 1 amide bonds. The summed E-state index contributed by atoms with van der Waals surface area (Å²) in [6.45, 7) is 1.29. The van der Waals surface area contributed by atoms with Gasteiger partial charge in [0.15, 0.2) is 12.0 Å². The molecule has 0 spiro atoms. The topological polar surface area (TPSA) is 55.4 Å². The molecule has 5 heteroatoms. The lowest BCUT2D eigenvalue weighted by Crippen LogP contribution is -2.37. The highest BCUT2D eigenvalue weighted by atomic mass is 19.1. The van der Waals surface area contributed by atoms with E-state index in [0.29, 0.717) is 11.3 Å². The number of ketones is 1. The van der Waals surface area contributed by atoms with Crippen LogP contribution in [-0.2, 0) is 4.79 Å². The molecule has 2 rings (SSSR count). The van der Waals surface area contributed by atoms with Crippen LogP contribution in [0.5, 0.6) is 5.75 Å². The number of nitrogens with one attached hydrogen (secondary N) is 1. The first-order valence-electron chi connectivity index (χ1n) is 7.17. The van der Waals surface area contributed by atoms with E-state index in [1.165, 1.54) is 26.2 Å². The Bertz CT molecular complexity index is 670. The average molecular weight is 315 g/mol. The number of benzene rings is 2. The summed E-state index contributed by atoms with van der Waals surface area (Å²) < 4.78 is 19.8. The number of hydrogen-bond acceptors (Lipinski definition) is 3. The van der Waals surface area contributed by atoms with Gasteiger partial charge in [0.2, 0.25) is 5.91 Å². The Balaban J connectivity index is 2.26. The van der Waals surface area contributed by atoms with Crippen LogP contribution in [0.1, 0.15) is 28.9 Å². The predicted octanol–water partition coefficient (Wildman–Crippen LogP) is 3.09. The molecular weight excluding hydrogens is 297 g/mol. The largest absolute Gasteiger partial charge is 0.497 e. The zero-order valence-electron chi connectivity index (χ0n) is 13.0. The quantitative estimate of drug-likeness (QED) is 0.833. The molecule has 2 atom stereocenters. The standard InChI is InChI=1S/C18H18FNO3/c1-12(21)20-17(13-6-4-3-5-7-13)16(19)18(22)14-8-10-15(23-2)11-9-14/h3-11,16-17H,1-2H3,(H,20,21). The van der Waals surface area contributed by atoms with E-state index >= 15 is 0 Å². The lowest BCUT2D eigenvalue weighted by molar-refractivity contribution is -0.120. The van der Waals surface area contributed by atoms with E-state index in [4.69, 9.17) is 4.74 Å². The Morgan fingerprint density at radius 1 is 1.04 bits per heavy atom. The van der Waals surface area contributed by atoms with Crippen molar-refractivity contribution < 1.29 is 18.7 Å². The molecule has 0 fully saturated rings. The van der Waals surface area contributed by atoms with Crippen molar-refractivity contribution in [3.63, 3.8) is 0 Å². The van der Waals surface area contributed by atoms with Gasteiger partial charge in [-0.2, -0.15) is 0 Å². The maximum Gasteiger partial charge on any atom is 0.217 e. The molecule has 2 aromatic carbocycles. The average Bonchev–Trinajstić information content (AvgIpc) is 2.59. The molecule has 2 unspecified atom stereocenters. The minimum absolute atomic E-state index is 0.226. The number of ether oxygens (including phenoxy) is 1. The van der Waals surface area contributed by atoms with Crippen molar-refractivity contribution in [1.29, 1.82) is 0 Å². The molecule has 0 saturated heterocycles. The van der Waals surface area contributed by atoms with E-state index in [9.17, 15) is 14.0 Å². The number of amides is 1. The van der Waals surface area contributed by atoms with Gasteiger partial charge in [0.25, 0.3) is 0 Å². The number of alkyl halides is 1. The van der Waals surface area contributed by atoms with Crippen LogP contribution in [0.4, 0.5) is 4.39 Å². The van der Waals surface area contributed by atoms with Gasteiger partial charge < -0.3 is 10.1 Å². The van der Waals surface area contributed by atoms with Crippen molar-refractivity contribution in [2.24, 2.45) is 0 Å². The monoisotopic (exact) mass is 315 g/mol. The van der Waals surface area contributed by atoms with Crippen LogP contribution >= 0.6 is 0 Å². The third-order valence-corrected chi connectivity index (χ3v) is 3.44. The van der Waals surface area contributed by atoms with Gasteiger partial charge in [0, 0.05) is 12.5 Å². The molecule has 0 radical (unpaired) electrons. The Labute approximate surface area is 134 Å². The van der Waals surface area contributed by atoms with E-state index in [1.807, 2.05) is 0 Å². The summed E-state index contributed by atoms with van der Waals surface area (Å²) in [4.78, 5) is 23.7. The number of rotatable bonds is 6. The van der Waals surface area contributed by atoms with Gasteiger partial charge >= 0.3 is 0 Å². The Kier molecular flexibility index (Phi) is 5.46. The van der Waals surface area contributed by atoms with Gasteiger partial charge in [-0.05, 0) is 29.8 Å². The van der Waals surface area contributed by atoms with Crippen molar-refractivity contribution in [1.82, 2.24) is 5.32 Å². The zero-order valence-corrected chi connectivity index (χ0v) is 13.0. The van der Waals surface area contributed by atoms with E-state index in [-0.39, 0.29) is 5.56 Å². The van der Waals surface area contributed by atoms with E-state index in [2.05, 4.69) is 5.32 Å². The summed E-state index contributed by atoms with van der Waals surface area (Å²) in [5.41, 5.74) is 0.765. The molecule has 2 aromatic rings. The SMILES string of the molecule is COc1ccc(C(=O)C(F)C(NC(C)=O)c2ccccc2)cc1. The summed E-state index contributed by atoms with van der Waals surface area (Å²) in [7, 11) is 1.51. The van der Waals surface area contributed by atoms with E-state index in [1.54, 1.807) is 42.5 Å². The summed E-state index contributed by atoms with van der Waals surface area (Å²) in [6, 6.07) is 13.8. The van der Waals surface area contributed by atoms with Crippen LogP contribution in [0.25, 0.3) is 0 Å². The lowest BCUT2D eigenvalue weighted by atomic mass is 9.96. The van der Waals surface area contributed by atoms with Gasteiger partial charge in [-0.15, -0.1) is 0 Å². The molecule has 0 aliphatic carbocycles. The smallest absolute Gasteiger partial charge is 0.217 e. The zero-order chi connectivity index (χ0) is 16.8. The van der Waals surface area contributed by atoms with E-state index in [0.717, 1.165) is 0 Å². The normalized spacial score (nSPS) is 13.0. The van der Waals surface area contributed by atoms with Crippen LogP contribution in [0.2, 0.25) is 0 Å². The van der Waals surface area contributed by atoms with Crippen LogP contribution in [-0.4, -0.2) is 25.0 Å². The summed E-state index contributed by atoms with van der Waals surface area (Å²) in [5, 5.41) is 2.51. The van der Waals surface area contributed by atoms with Crippen molar-refractivity contribution in [3.8, 4) is 5.75 Å². The van der Waals surface area contributed by atoms with Crippen molar-refractivity contribution in [3.05, 3.63) is 65.7 Å². The molecule has 0 saturated carbocycles. The third-order valence-electron chi connectivity index (χ3n) is 3.44. The Morgan fingerprint density at radius 2 is 1.65 bits per heavy atom. The Morgan fingerprint density at radius 3 is 2.17 bits per heavy atom. The number of halogens is 1. The molecule has 120 valence electrons. The number of carbonyl (C=O) groups excluding carboxylic acids is 2. The van der Waals surface area contributed by atoms with Crippen LogP contribution in [0.15, 0.2) is 54.6 Å². The highest BCUT2D eigenvalue weighted by Crippen LogP contribution is 2.23. The number of methoxy groups -OCH3 is 1. The summed E-state index contributed by atoms with van der Waals surface area (Å²) >= 11 is 0. The minimum atomic E-state index is -1.88. The highest BCUT2D eigenvalue weighted by Gasteiger charge is 2.30.